The molecule has 4 rings (SSSR count). The SMILES string of the molecule is CC(C)(C)OC(=O)[C@H]1C[C@@H](CO[Si](c2ccccc2)(c2ccccc2)C(C)(C)C)C(CN)N1Cc1ccccc1. The molecule has 0 radical (unpaired) electrons. The number of ether oxygens (including phenoxy) is 1. The highest BCUT2D eigenvalue weighted by atomic mass is 28.4. The van der Waals surface area contributed by atoms with Crippen LogP contribution in [-0.4, -0.2) is 50.0 Å². The summed E-state index contributed by atoms with van der Waals surface area (Å²) >= 11 is 0. The third kappa shape index (κ3) is 6.57. The largest absolute Gasteiger partial charge is 0.459 e. The van der Waals surface area contributed by atoms with E-state index < -0.39 is 13.9 Å². The quantitative estimate of drug-likeness (QED) is 0.292. The molecule has 0 bridgehead atoms. The van der Waals surface area contributed by atoms with Crippen LogP contribution in [-0.2, 0) is 20.5 Å². The maximum absolute atomic E-state index is 13.5. The lowest BCUT2D eigenvalue weighted by Crippen LogP contribution is -2.67. The van der Waals surface area contributed by atoms with E-state index in [1.807, 2.05) is 39.0 Å². The second kappa shape index (κ2) is 12.4. The second-order valence-electron chi connectivity index (χ2n) is 13.0. The van der Waals surface area contributed by atoms with Crippen LogP contribution in [0.5, 0.6) is 0 Å². The van der Waals surface area contributed by atoms with Crippen LogP contribution >= 0.6 is 0 Å². The normalized spacial score (nSPS) is 20.4. The predicted octanol–water partition coefficient (Wildman–Crippen LogP) is 5.12. The smallest absolute Gasteiger partial charge is 0.323 e. The number of nitrogens with zero attached hydrogens (tertiary/aromatic N) is 1. The lowest BCUT2D eigenvalue weighted by Gasteiger charge is -2.44. The molecular formula is C34H46N2O3Si. The minimum atomic E-state index is -2.72. The number of likely N-dealkylation sites (tertiary alicyclic amines) is 1. The predicted molar refractivity (Wildman–Crippen MR) is 166 cm³/mol. The zero-order valence-corrected chi connectivity index (χ0v) is 26.0. The first kappa shape index (κ1) is 30.2. The highest BCUT2D eigenvalue weighted by Crippen LogP contribution is 2.39. The molecule has 3 atom stereocenters. The van der Waals surface area contributed by atoms with Gasteiger partial charge in [0.15, 0.2) is 0 Å². The van der Waals surface area contributed by atoms with E-state index in [4.69, 9.17) is 14.9 Å². The second-order valence-corrected chi connectivity index (χ2v) is 17.3. The van der Waals surface area contributed by atoms with Crippen LogP contribution < -0.4 is 16.1 Å². The molecule has 40 heavy (non-hydrogen) atoms. The number of rotatable bonds is 9. The Morgan fingerprint density at radius 1 is 0.850 bits per heavy atom. The molecule has 0 amide bonds. The first-order chi connectivity index (χ1) is 19.0. The highest BCUT2D eigenvalue weighted by Gasteiger charge is 2.52. The summed E-state index contributed by atoms with van der Waals surface area (Å²) in [6.07, 6.45) is 0.655. The fourth-order valence-corrected chi connectivity index (χ4v) is 10.8. The van der Waals surface area contributed by atoms with Gasteiger partial charge in [0.05, 0.1) is 0 Å². The zero-order valence-electron chi connectivity index (χ0n) is 25.0. The van der Waals surface area contributed by atoms with Crippen molar-refractivity contribution in [3.63, 3.8) is 0 Å². The molecule has 0 aliphatic carbocycles. The fourth-order valence-electron chi connectivity index (χ4n) is 6.20. The van der Waals surface area contributed by atoms with E-state index in [0.29, 0.717) is 26.1 Å². The van der Waals surface area contributed by atoms with Gasteiger partial charge in [0.1, 0.15) is 11.6 Å². The Labute approximate surface area is 241 Å². The molecule has 1 fully saturated rings. The molecule has 6 heteroatoms. The molecule has 3 aromatic carbocycles. The van der Waals surface area contributed by atoms with E-state index in [1.54, 1.807) is 0 Å². The van der Waals surface area contributed by atoms with E-state index in [0.717, 1.165) is 5.56 Å². The summed E-state index contributed by atoms with van der Waals surface area (Å²) in [6.45, 7) is 14.3. The Balaban J connectivity index is 1.70. The Morgan fingerprint density at radius 3 is 1.80 bits per heavy atom. The highest BCUT2D eigenvalue weighted by molar-refractivity contribution is 6.99. The third-order valence-corrected chi connectivity index (χ3v) is 13.0. The van der Waals surface area contributed by atoms with Crippen molar-refractivity contribution in [2.45, 2.75) is 77.2 Å². The van der Waals surface area contributed by atoms with Gasteiger partial charge in [-0.1, -0.05) is 112 Å². The van der Waals surface area contributed by atoms with Gasteiger partial charge in [-0.25, -0.2) is 0 Å². The van der Waals surface area contributed by atoms with Crippen LogP contribution in [0.2, 0.25) is 5.04 Å². The van der Waals surface area contributed by atoms with Gasteiger partial charge in [0.25, 0.3) is 8.32 Å². The summed E-state index contributed by atoms with van der Waals surface area (Å²) in [6, 6.07) is 31.3. The number of carbonyl (C=O) groups excluding carboxylic acids is 1. The van der Waals surface area contributed by atoms with Crippen LogP contribution in [0, 0.1) is 5.92 Å². The summed E-state index contributed by atoms with van der Waals surface area (Å²) < 4.78 is 13.2. The number of nitrogens with two attached hydrogens (primary N) is 1. The van der Waals surface area contributed by atoms with Crippen molar-refractivity contribution in [3.05, 3.63) is 96.6 Å². The zero-order chi connectivity index (χ0) is 29.0. The van der Waals surface area contributed by atoms with Gasteiger partial charge in [0.2, 0.25) is 0 Å². The minimum Gasteiger partial charge on any atom is -0.459 e. The Hall–Kier alpha value is -2.77. The molecule has 0 saturated carbocycles. The fraction of sp³-hybridized carbons (Fsp3) is 0.441. The molecule has 1 aliphatic rings. The van der Waals surface area contributed by atoms with Gasteiger partial charge >= 0.3 is 5.97 Å². The van der Waals surface area contributed by atoms with Gasteiger partial charge in [0, 0.05) is 25.7 Å². The van der Waals surface area contributed by atoms with Crippen molar-refractivity contribution >= 4 is 24.7 Å². The Kier molecular flexibility index (Phi) is 9.35. The van der Waals surface area contributed by atoms with Gasteiger partial charge in [-0.15, -0.1) is 0 Å². The van der Waals surface area contributed by atoms with E-state index in [2.05, 4.69) is 98.5 Å². The van der Waals surface area contributed by atoms with Crippen LogP contribution in [0.15, 0.2) is 91.0 Å². The van der Waals surface area contributed by atoms with Crippen LogP contribution in [0.3, 0.4) is 0 Å². The maximum atomic E-state index is 13.5. The number of carbonyl (C=O) groups is 1. The Bertz CT molecular complexity index is 1180. The first-order valence-electron chi connectivity index (χ1n) is 14.4. The van der Waals surface area contributed by atoms with Gasteiger partial charge in [-0.2, -0.15) is 0 Å². The monoisotopic (exact) mass is 558 g/mol. The molecule has 3 aromatic rings. The summed E-state index contributed by atoms with van der Waals surface area (Å²) in [7, 11) is -2.72. The number of hydrogen-bond donors (Lipinski definition) is 1. The van der Waals surface area contributed by atoms with Crippen LogP contribution in [0.1, 0.15) is 53.5 Å². The van der Waals surface area contributed by atoms with Gasteiger partial charge < -0.3 is 14.9 Å². The molecule has 214 valence electrons. The van der Waals surface area contributed by atoms with E-state index in [9.17, 15) is 4.79 Å². The summed E-state index contributed by atoms with van der Waals surface area (Å²) in [5, 5.41) is 2.38. The van der Waals surface area contributed by atoms with Gasteiger partial charge in [-0.05, 0) is 54.1 Å². The Morgan fingerprint density at radius 2 is 1.35 bits per heavy atom. The summed E-state index contributed by atoms with van der Waals surface area (Å²) in [4.78, 5) is 15.8. The summed E-state index contributed by atoms with van der Waals surface area (Å²) in [5.74, 6) is -0.0947. The molecule has 5 nitrogen and oxygen atoms in total. The van der Waals surface area contributed by atoms with Crippen molar-refractivity contribution in [1.29, 1.82) is 0 Å². The lowest BCUT2D eigenvalue weighted by atomic mass is 10.00. The first-order valence-corrected chi connectivity index (χ1v) is 16.3. The molecule has 1 aliphatic heterocycles. The molecule has 1 unspecified atom stereocenters. The lowest BCUT2D eigenvalue weighted by molar-refractivity contribution is -0.161. The van der Waals surface area contributed by atoms with Crippen molar-refractivity contribution < 1.29 is 14.0 Å². The molecule has 0 aromatic heterocycles. The average Bonchev–Trinajstić information content (AvgIpc) is 3.26. The van der Waals surface area contributed by atoms with Crippen LogP contribution in [0.4, 0.5) is 0 Å². The van der Waals surface area contributed by atoms with E-state index in [1.165, 1.54) is 10.4 Å². The van der Waals surface area contributed by atoms with Crippen molar-refractivity contribution in [1.82, 2.24) is 4.90 Å². The number of benzene rings is 3. The molecule has 1 heterocycles. The average molecular weight is 559 g/mol. The number of esters is 1. The summed E-state index contributed by atoms with van der Waals surface area (Å²) in [5.41, 5.74) is 7.06. The van der Waals surface area contributed by atoms with E-state index >= 15 is 0 Å². The van der Waals surface area contributed by atoms with E-state index in [-0.39, 0.29) is 29.0 Å². The molecular weight excluding hydrogens is 512 g/mol. The van der Waals surface area contributed by atoms with Crippen LogP contribution in [0.25, 0.3) is 0 Å². The number of hydrogen-bond acceptors (Lipinski definition) is 5. The standard InChI is InChI=1S/C34H46N2O3Si/c1-33(2,3)39-32(37)30-22-27(31(23-35)36(30)24-26-16-10-7-11-17-26)25-38-40(34(4,5)6,28-18-12-8-13-19-28)29-20-14-9-15-21-29/h7-21,27,30-31H,22-25,35H2,1-6H3/t27-,30+,31?/m0/s1. The third-order valence-electron chi connectivity index (χ3n) is 7.96. The van der Waals surface area contributed by atoms with Crippen molar-refractivity contribution in [2.24, 2.45) is 11.7 Å². The molecule has 2 N–H and O–H groups in total. The van der Waals surface area contributed by atoms with Crippen molar-refractivity contribution in [2.75, 3.05) is 13.2 Å². The van der Waals surface area contributed by atoms with Gasteiger partial charge in [-0.3, -0.25) is 9.69 Å². The maximum Gasteiger partial charge on any atom is 0.323 e. The van der Waals surface area contributed by atoms with Crippen molar-refractivity contribution in [3.8, 4) is 0 Å². The minimum absolute atomic E-state index is 0.00376. The molecule has 1 saturated heterocycles. The topological polar surface area (TPSA) is 64.8 Å². The molecule has 0 spiro atoms.